The Kier molecular flexibility index (Phi) is 8.77. The average molecular weight is 390 g/mol. The Morgan fingerprint density at radius 3 is 2.54 bits per heavy atom. The summed E-state index contributed by atoms with van der Waals surface area (Å²) in [6.45, 7) is 11.8. The Morgan fingerprint density at radius 1 is 1.21 bits per heavy atom. The minimum absolute atomic E-state index is 0.0490. The summed E-state index contributed by atoms with van der Waals surface area (Å²) in [7, 11) is 0. The summed E-state index contributed by atoms with van der Waals surface area (Å²) in [5.74, 6) is 0.845. The Labute approximate surface area is 169 Å². The zero-order valence-corrected chi connectivity index (χ0v) is 17.7. The molecular weight excluding hydrogens is 354 g/mol. The molecule has 0 bridgehead atoms. The van der Waals surface area contributed by atoms with Crippen molar-refractivity contribution >= 4 is 12.0 Å². The molecule has 156 valence electrons. The molecule has 1 aromatic rings. The number of ether oxygens (including phenoxy) is 1. The Hall–Kier alpha value is -2.08. The van der Waals surface area contributed by atoms with Crippen molar-refractivity contribution in [1.82, 2.24) is 15.1 Å². The van der Waals surface area contributed by atoms with Crippen molar-refractivity contribution in [3.8, 4) is 5.75 Å². The lowest BCUT2D eigenvalue weighted by Crippen LogP contribution is -2.44. The molecule has 1 aromatic carbocycles. The van der Waals surface area contributed by atoms with Crippen LogP contribution in [0.15, 0.2) is 24.3 Å². The lowest BCUT2D eigenvalue weighted by Gasteiger charge is -2.32. The maximum atomic E-state index is 12.0. The lowest BCUT2D eigenvalue weighted by atomic mass is 10.1. The molecule has 6 nitrogen and oxygen atoms in total. The topological polar surface area (TPSA) is 61.9 Å². The molecule has 1 aliphatic rings. The molecular formula is C22H35N3O3. The van der Waals surface area contributed by atoms with Crippen molar-refractivity contribution < 1.29 is 14.3 Å². The van der Waals surface area contributed by atoms with E-state index in [1.54, 1.807) is 0 Å². The first-order chi connectivity index (χ1) is 13.4. The highest BCUT2D eigenvalue weighted by atomic mass is 16.6. The third-order valence-corrected chi connectivity index (χ3v) is 5.18. The summed E-state index contributed by atoms with van der Waals surface area (Å²) in [5.41, 5.74) is 1.21. The molecule has 0 spiro atoms. The number of benzene rings is 1. The molecule has 2 rings (SSSR count). The largest absolute Gasteiger partial charge is 0.412 e. The van der Waals surface area contributed by atoms with E-state index >= 15 is 0 Å². The lowest BCUT2D eigenvalue weighted by molar-refractivity contribution is -0.133. The van der Waals surface area contributed by atoms with Crippen LogP contribution in [0.1, 0.15) is 52.5 Å². The summed E-state index contributed by atoms with van der Waals surface area (Å²) in [6, 6.07) is 8.12. The molecule has 1 saturated heterocycles. The van der Waals surface area contributed by atoms with Gasteiger partial charge in [0.15, 0.2) is 0 Å². The summed E-state index contributed by atoms with van der Waals surface area (Å²) >= 11 is 0. The predicted octanol–water partition coefficient (Wildman–Crippen LogP) is 3.45. The highest BCUT2D eigenvalue weighted by Gasteiger charge is 2.20. The second kappa shape index (κ2) is 11.1. The Bertz CT molecular complexity index is 630. The second-order valence-electron chi connectivity index (χ2n) is 7.85. The van der Waals surface area contributed by atoms with Gasteiger partial charge in [0.25, 0.3) is 0 Å². The minimum Gasteiger partial charge on any atom is -0.410 e. The van der Waals surface area contributed by atoms with Crippen LogP contribution in [0.4, 0.5) is 4.79 Å². The van der Waals surface area contributed by atoms with Crippen LogP contribution in [0.5, 0.6) is 5.75 Å². The third kappa shape index (κ3) is 7.15. The van der Waals surface area contributed by atoms with Crippen molar-refractivity contribution in [3.05, 3.63) is 29.8 Å². The fourth-order valence-electron chi connectivity index (χ4n) is 3.57. The standard InChI is InChI=1S/C22H35N3O3/c1-5-24(14-15-25-13-7-6-8-21(25)26)18(4)16-19-9-11-20(12-10-19)28-22(27)23-17(2)3/h9-12,17-18H,5-8,13-16H2,1-4H3,(H,23,27). The van der Waals surface area contributed by atoms with Gasteiger partial charge in [-0.05, 0) is 64.3 Å². The number of nitrogens with zero attached hydrogens (tertiary/aromatic N) is 2. The number of nitrogens with one attached hydrogen (secondary N) is 1. The summed E-state index contributed by atoms with van der Waals surface area (Å²) < 4.78 is 5.27. The van der Waals surface area contributed by atoms with E-state index in [1.807, 2.05) is 43.0 Å². The van der Waals surface area contributed by atoms with Gasteiger partial charge in [-0.1, -0.05) is 19.1 Å². The number of hydrogen-bond donors (Lipinski definition) is 1. The third-order valence-electron chi connectivity index (χ3n) is 5.18. The smallest absolute Gasteiger partial charge is 0.410 e. The van der Waals surface area contributed by atoms with Crippen LogP contribution in [0.2, 0.25) is 0 Å². The first-order valence-corrected chi connectivity index (χ1v) is 10.5. The van der Waals surface area contributed by atoms with Crippen molar-refractivity contribution in [2.75, 3.05) is 26.2 Å². The number of carbonyl (C=O) groups excluding carboxylic acids is 2. The van der Waals surface area contributed by atoms with E-state index in [2.05, 4.69) is 24.1 Å². The van der Waals surface area contributed by atoms with Crippen LogP contribution in [-0.4, -0.2) is 60.1 Å². The summed E-state index contributed by atoms with van der Waals surface area (Å²) in [5, 5.41) is 2.71. The van der Waals surface area contributed by atoms with E-state index in [0.29, 0.717) is 24.1 Å². The van der Waals surface area contributed by atoms with Gasteiger partial charge in [-0.15, -0.1) is 0 Å². The molecule has 0 radical (unpaired) electrons. The quantitative estimate of drug-likeness (QED) is 0.703. The molecule has 6 heteroatoms. The monoisotopic (exact) mass is 389 g/mol. The van der Waals surface area contributed by atoms with Crippen LogP contribution in [0, 0.1) is 0 Å². The first kappa shape index (κ1) is 22.2. The zero-order chi connectivity index (χ0) is 20.5. The van der Waals surface area contributed by atoms with Crippen molar-refractivity contribution in [3.63, 3.8) is 0 Å². The predicted molar refractivity (Wildman–Crippen MR) is 112 cm³/mol. The summed E-state index contributed by atoms with van der Waals surface area (Å²) in [6.07, 6.45) is 3.34. The van der Waals surface area contributed by atoms with Crippen molar-refractivity contribution in [2.45, 2.75) is 65.5 Å². The van der Waals surface area contributed by atoms with E-state index in [4.69, 9.17) is 4.74 Å². The van der Waals surface area contributed by atoms with E-state index in [9.17, 15) is 9.59 Å². The zero-order valence-electron chi connectivity index (χ0n) is 17.7. The maximum Gasteiger partial charge on any atom is 0.412 e. The van der Waals surface area contributed by atoms with Gasteiger partial charge in [0.1, 0.15) is 5.75 Å². The first-order valence-electron chi connectivity index (χ1n) is 10.5. The van der Waals surface area contributed by atoms with Crippen LogP contribution in [0.25, 0.3) is 0 Å². The number of rotatable bonds is 9. The normalized spacial score (nSPS) is 15.8. The molecule has 2 amide bonds. The van der Waals surface area contributed by atoms with Crippen LogP contribution in [-0.2, 0) is 11.2 Å². The Balaban J connectivity index is 1.83. The summed E-state index contributed by atoms with van der Waals surface area (Å²) in [4.78, 5) is 28.1. The molecule has 1 atom stereocenters. The number of hydrogen-bond acceptors (Lipinski definition) is 4. The molecule has 1 heterocycles. The van der Waals surface area contributed by atoms with Crippen LogP contribution < -0.4 is 10.1 Å². The van der Waals surface area contributed by atoms with E-state index in [1.165, 1.54) is 5.56 Å². The number of likely N-dealkylation sites (tertiary alicyclic amines) is 1. The average Bonchev–Trinajstić information content (AvgIpc) is 2.64. The van der Waals surface area contributed by atoms with Crippen LogP contribution >= 0.6 is 0 Å². The van der Waals surface area contributed by atoms with Gasteiger partial charge in [0.2, 0.25) is 5.91 Å². The van der Waals surface area contributed by atoms with E-state index < -0.39 is 6.09 Å². The number of piperidine rings is 1. The van der Waals surface area contributed by atoms with Gasteiger partial charge in [0, 0.05) is 38.1 Å². The molecule has 1 aliphatic heterocycles. The number of likely N-dealkylation sites (N-methyl/N-ethyl adjacent to an activating group) is 1. The molecule has 0 saturated carbocycles. The molecule has 28 heavy (non-hydrogen) atoms. The van der Waals surface area contributed by atoms with Crippen molar-refractivity contribution in [1.29, 1.82) is 0 Å². The van der Waals surface area contributed by atoms with Gasteiger partial charge in [-0.3, -0.25) is 9.69 Å². The highest BCUT2D eigenvalue weighted by Crippen LogP contribution is 2.16. The molecule has 1 N–H and O–H groups in total. The second-order valence-corrected chi connectivity index (χ2v) is 7.85. The molecule has 0 aliphatic carbocycles. The Morgan fingerprint density at radius 2 is 1.93 bits per heavy atom. The molecule has 1 unspecified atom stereocenters. The van der Waals surface area contributed by atoms with Gasteiger partial charge in [-0.25, -0.2) is 4.79 Å². The van der Waals surface area contributed by atoms with Crippen molar-refractivity contribution in [2.24, 2.45) is 0 Å². The van der Waals surface area contributed by atoms with Gasteiger partial charge in [0.05, 0.1) is 0 Å². The molecule has 0 aromatic heterocycles. The highest BCUT2D eigenvalue weighted by molar-refractivity contribution is 5.76. The van der Waals surface area contributed by atoms with Crippen LogP contribution in [0.3, 0.4) is 0 Å². The minimum atomic E-state index is -0.430. The van der Waals surface area contributed by atoms with E-state index in [-0.39, 0.29) is 6.04 Å². The van der Waals surface area contributed by atoms with Gasteiger partial charge < -0.3 is 15.0 Å². The van der Waals surface area contributed by atoms with Gasteiger partial charge in [-0.2, -0.15) is 0 Å². The fourth-order valence-corrected chi connectivity index (χ4v) is 3.57. The number of carbonyl (C=O) groups is 2. The van der Waals surface area contributed by atoms with E-state index in [0.717, 1.165) is 45.4 Å². The van der Waals surface area contributed by atoms with Gasteiger partial charge >= 0.3 is 6.09 Å². The SMILES string of the molecule is CCN(CCN1CCCCC1=O)C(C)Cc1ccc(OC(=O)NC(C)C)cc1. The number of amides is 2. The fraction of sp³-hybridized carbons (Fsp3) is 0.636. The molecule has 1 fully saturated rings. The maximum absolute atomic E-state index is 12.0.